The van der Waals surface area contributed by atoms with E-state index in [9.17, 15) is 4.79 Å². The van der Waals surface area contributed by atoms with Gasteiger partial charge in [0.15, 0.2) is 5.82 Å². The molecule has 0 aliphatic rings. The van der Waals surface area contributed by atoms with Gasteiger partial charge in [-0.05, 0) is 6.42 Å². The minimum absolute atomic E-state index is 0.0983. The molecule has 0 saturated carbocycles. The maximum Gasteiger partial charge on any atom is 0.441 e. The molecule has 11 heavy (non-hydrogen) atoms. The molecule has 0 saturated heterocycles. The van der Waals surface area contributed by atoms with Crippen LogP contribution in [0.2, 0.25) is 0 Å². The fourth-order valence-electron chi connectivity index (χ4n) is 0.770. The second-order valence-electron chi connectivity index (χ2n) is 2.25. The van der Waals surface area contributed by atoms with Gasteiger partial charge in [-0.2, -0.15) is 0 Å². The topological polar surface area (TPSA) is 68.3 Å². The second kappa shape index (κ2) is 3.34. The van der Waals surface area contributed by atoms with Crippen molar-refractivity contribution < 1.29 is 9.63 Å². The van der Waals surface area contributed by atoms with Crippen molar-refractivity contribution in [3.05, 3.63) is 16.4 Å². The van der Waals surface area contributed by atoms with Crippen LogP contribution in [0.5, 0.6) is 0 Å². The van der Waals surface area contributed by atoms with Crippen LogP contribution in [0, 0.1) is 0 Å². The molecule has 1 rings (SSSR count). The summed E-state index contributed by atoms with van der Waals surface area (Å²) in [7, 11) is 1.59. The van der Waals surface area contributed by atoms with Crippen molar-refractivity contribution >= 4 is 0 Å². The molecule has 0 bridgehead atoms. The number of nitrogens with zero attached hydrogens (tertiary/aromatic N) is 2. The Bertz CT molecular complexity index is 276. The summed E-state index contributed by atoms with van der Waals surface area (Å²) in [4.78, 5) is 10.7. The maximum atomic E-state index is 10.7. The Kier molecular flexibility index (Phi) is 2.43. The van der Waals surface area contributed by atoms with E-state index in [4.69, 9.17) is 5.11 Å². The molecule has 5 nitrogen and oxygen atoms in total. The van der Waals surface area contributed by atoms with Crippen molar-refractivity contribution in [1.82, 2.24) is 9.72 Å². The van der Waals surface area contributed by atoms with E-state index in [1.54, 1.807) is 7.05 Å². The first-order valence-electron chi connectivity index (χ1n) is 3.38. The zero-order valence-electron chi connectivity index (χ0n) is 6.28. The third-order valence-corrected chi connectivity index (χ3v) is 1.45. The Morgan fingerprint density at radius 1 is 1.73 bits per heavy atom. The maximum absolute atomic E-state index is 10.7. The minimum Gasteiger partial charge on any atom is -0.396 e. The molecule has 1 aromatic rings. The summed E-state index contributed by atoms with van der Waals surface area (Å²) in [5, 5.41) is 12.0. The number of aliphatic hydroxyl groups is 1. The summed E-state index contributed by atoms with van der Waals surface area (Å²) < 4.78 is 5.70. The van der Waals surface area contributed by atoms with E-state index in [0.29, 0.717) is 18.7 Å². The van der Waals surface area contributed by atoms with Crippen molar-refractivity contribution in [3.63, 3.8) is 0 Å². The largest absolute Gasteiger partial charge is 0.441 e. The Hall–Kier alpha value is -1.10. The van der Waals surface area contributed by atoms with Crippen molar-refractivity contribution in [3.8, 4) is 0 Å². The van der Waals surface area contributed by atoms with Gasteiger partial charge >= 0.3 is 5.76 Å². The first-order valence-corrected chi connectivity index (χ1v) is 3.38. The van der Waals surface area contributed by atoms with Crippen LogP contribution in [0.25, 0.3) is 0 Å². The van der Waals surface area contributed by atoms with Gasteiger partial charge in [-0.3, -0.25) is 9.09 Å². The normalized spacial score (nSPS) is 10.4. The summed E-state index contributed by atoms with van der Waals surface area (Å²) in [5.74, 6) is 0.113. The van der Waals surface area contributed by atoms with Crippen LogP contribution in [0.3, 0.4) is 0 Å². The van der Waals surface area contributed by atoms with Crippen LogP contribution in [0.4, 0.5) is 0 Å². The number of hydrogen-bond acceptors (Lipinski definition) is 4. The Labute approximate surface area is 63.2 Å². The van der Waals surface area contributed by atoms with E-state index in [1.807, 2.05) is 0 Å². The van der Waals surface area contributed by atoms with Crippen molar-refractivity contribution in [2.24, 2.45) is 7.05 Å². The van der Waals surface area contributed by atoms with Gasteiger partial charge in [0.25, 0.3) is 0 Å². The first-order chi connectivity index (χ1) is 5.25. The highest BCUT2D eigenvalue weighted by Crippen LogP contribution is 1.93. The van der Waals surface area contributed by atoms with Crippen molar-refractivity contribution in [2.45, 2.75) is 12.8 Å². The minimum atomic E-state index is -0.460. The quantitative estimate of drug-likeness (QED) is 0.631. The molecular formula is C6H10N2O3. The Balaban J connectivity index is 2.71. The van der Waals surface area contributed by atoms with Crippen molar-refractivity contribution in [2.75, 3.05) is 6.61 Å². The monoisotopic (exact) mass is 158 g/mol. The van der Waals surface area contributed by atoms with E-state index < -0.39 is 5.76 Å². The Morgan fingerprint density at radius 3 is 2.91 bits per heavy atom. The lowest BCUT2D eigenvalue weighted by Crippen LogP contribution is -2.12. The Morgan fingerprint density at radius 2 is 2.45 bits per heavy atom. The molecular weight excluding hydrogens is 148 g/mol. The molecule has 0 unspecified atom stereocenters. The lowest BCUT2D eigenvalue weighted by Gasteiger charge is -1.93. The van der Waals surface area contributed by atoms with E-state index in [1.165, 1.54) is 4.57 Å². The van der Waals surface area contributed by atoms with Gasteiger partial charge in [0.2, 0.25) is 0 Å². The lowest BCUT2D eigenvalue weighted by molar-refractivity contribution is 0.286. The predicted molar refractivity (Wildman–Crippen MR) is 37.2 cm³/mol. The highest BCUT2D eigenvalue weighted by Gasteiger charge is 2.04. The predicted octanol–water partition coefficient (Wildman–Crippen LogP) is -0.702. The fraction of sp³-hybridized carbons (Fsp3) is 0.667. The summed E-state index contributed by atoms with van der Waals surface area (Å²) in [6.07, 6.45) is 1.17. The molecule has 0 radical (unpaired) electrons. The summed E-state index contributed by atoms with van der Waals surface area (Å²) >= 11 is 0. The first kappa shape index (κ1) is 8.00. The summed E-state index contributed by atoms with van der Waals surface area (Å²) in [6.45, 7) is 0.0983. The summed E-state index contributed by atoms with van der Waals surface area (Å²) in [5.41, 5.74) is 0. The molecule has 0 fully saturated rings. The zero-order valence-corrected chi connectivity index (χ0v) is 6.28. The smallest absolute Gasteiger partial charge is 0.396 e. The van der Waals surface area contributed by atoms with Gasteiger partial charge in [-0.25, -0.2) is 4.79 Å². The van der Waals surface area contributed by atoms with Crippen LogP contribution >= 0.6 is 0 Å². The highest BCUT2D eigenvalue weighted by atomic mass is 16.5. The summed E-state index contributed by atoms with van der Waals surface area (Å²) in [6, 6.07) is 0. The van der Waals surface area contributed by atoms with Crippen LogP contribution in [-0.4, -0.2) is 21.4 Å². The van der Waals surface area contributed by atoms with Gasteiger partial charge < -0.3 is 5.11 Å². The van der Waals surface area contributed by atoms with E-state index in [0.717, 1.165) is 0 Å². The molecule has 1 aromatic heterocycles. The molecule has 1 N–H and O–H groups in total. The third kappa shape index (κ3) is 1.68. The van der Waals surface area contributed by atoms with Gasteiger partial charge in [-0.15, -0.1) is 0 Å². The van der Waals surface area contributed by atoms with E-state index in [-0.39, 0.29) is 6.61 Å². The molecule has 1 heterocycles. The van der Waals surface area contributed by atoms with Gasteiger partial charge in [-0.1, -0.05) is 5.16 Å². The van der Waals surface area contributed by atoms with Gasteiger partial charge in [0.1, 0.15) is 0 Å². The molecule has 5 heteroatoms. The molecule has 62 valence electrons. The number of aryl methyl sites for hydroxylation is 1. The fourth-order valence-corrected chi connectivity index (χ4v) is 0.770. The van der Waals surface area contributed by atoms with Crippen LogP contribution in [0.1, 0.15) is 12.2 Å². The second-order valence-corrected chi connectivity index (χ2v) is 2.25. The molecule has 0 aromatic carbocycles. The van der Waals surface area contributed by atoms with Crippen molar-refractivity contribution in [1.29, 1.82) is 0 Å². The molecule has 0 atom stereocenters. The van der Waals surface area contributed by atoms with E-state index >= 15 is 0 Å². The molecule has 0 aliphatic heterocycles. The number of rotatable bonds is 3. The number of aliphatic hydroxyl groups excluding tert-OH is 1. The SMILES string of the molecule is Cn1c(CCCO)noc1=O. The molecule has 0 aliphatic carbocycles. The number of hydrogen-bond donors (Lipinski definition) is 1. The number of aromatic nitrogens is 2. The molecule has 0 amide bonds. The van der Waals surface area contributed by atoms with Gasteiger partial charge in [0, 0.05) is 20.1 Å². The van der Waals surface area contributed by atoms with Gasteiger partial charge in [0.05, 0.1) is 0 Å². The average Bonchev–Trinajstić information content (AvgIpc) is 2.31. The standard InChI is InChI=1S/C6H10N2O3/c1-8-5(3-2-4-9)7-11-6(8)10/h9H,2-4H2,1H3. The molecule has 0 spiro atoms. The van der Waals surface area contributed by atoms with Crippen LogP contribution in [-0.2, 0) is 13.5 Å². The van der Waals surface area contributed by atoms with E-state index in [2.05, 4.69) is 9.68 Å². The van der Waals surface area contributed by atoms with Crippen LogP contribution in [0.15, 0.2) is 9.32 Å². The lowest BCUT2D eigenvalue weighted by atomic mass is 10.3. The average molecular weight is 158 g/mol. The zero-order chi connectivity index (χ0) is 8.27. The third-order valence-electron chi connectivity index (χ3n) is 1.45. The van der Waals surface area contributed by atoms with Crippen LogP contribution < -0.4 is 5.76 Å². The highest BCUT2D eigenvalue weighted by molar-refractivity contribution is 4.81.